The van der Waals surface area contributed by atoms with E-state index in [1.165, 1.54) is 19.3 Å². The summed E-state index contributed by atoms with van der Waals surface area (Å²) in [5.41, 5.74) is 5.63. The number of nitrogens with two attached hydrogens (primary N) is 1. The number of hydrogen-bond donors (Lipinski definition) is 1. The van der Waals surface area contributed by atoms with Crippen molar-refractivity contribution in [2.24, 2.45) is 17.6 Å². The predicted molar refractivity (Wildman–Crippen MR) is 55.8 cm³/mol. The molecule has 0 aromatic heterocycles. The molecule has 0 amide bonds. The molecule has 1 fully saturated rings. The Balaban J connectivity index is 2.46. The highest BCUT2D eigenvalue weighted by molar-refractivity contribution is 5.73. The quantitative estimate of drug-likeness (QED) is 0.701. The summed E-state index contributed by atoms with van der Waals surface area (Å²) < 4.78 is 5.03. The zero-order valence-electron chi connectivity index (χ0n) is 9.00. The van der Waals surface area contributed by atoms with Gasteiger partial charge in [0.2, 0.25) is 0 Å². The van der Waals surface area contributed by atoms with Crippen LogP contribution in [0.3, 0.4) is 0 Å². The summed E-state index contributed by atoms with van der Waals surface area (Å²) in [7, 11) is 0. The van der Waals surface area contributed by atoms with Gasteiger partial charge in [0.15, 0.2) is 0 Å². The van der Waals surface area contributed by atoms with Gasteiger partial charge in [-0.05, 0) is 25.7 Å². The van der Waals surface area contributed by atoms with Gasteiger partial charge in [-0.1, -0.05) is 19.3 Å². The van der Waals surface area contributed by atoms with Crippen molar-refractivity contribution in [3.63, 3.8) is 0 Å². The molecule has 1 rings (SSSR count). The van der Waals surface area contributed by atoms with Crippen molar-refractivity contribution in [1.82, 2.24) is 0 Å². The molecule has 0 unspecified atom stereocenters. The van der Waals surface area contributed by atoms with Gasteiger partial charge in [-0.3, -0.25) is 4.79 Å². The maximum Gasteiger partial charge on any atom is 0.310 e. The molecule has 3 nitrogen and oxygen atoms in total. The van der Waals surface area contributed by atoms with Crippen molar-refractivity contribution in [2.45, 2.75) is 39.0 Å². The smallest absolute Gasteiger partial charge is 0.310 e. The minimum absolute atomic E-state index is 0.0600. The normalized spacial score (nSPS) is 20.4. The van der Waals surface area contributed by atoms with E-state index in [2.05, 4.69) is 0 Å². The average molecular weight is 199 g/mol. The molecule has 0 aliphatic heterocycles. The number of carbonyl (C=O) groups excluding carboxylic acids is 1. The first kappa shape index (κ1) is 11.5. The van der Waals surface area contributed by atoms with Crippen molar-refractivity contribution in [1.29, 1.82) is 0 Å². The molecule has 1 aliphatic carbocycles. The Labute approximate surface area is 86.0 Å². The summed E-state index contributed by atoms with van der Waals surface area (Å²) in [5, 5.41) is 0. The number of rotatable bonds is 4. The van der Waals surface area contributed by atoms with E-state index in [-0.39, 0.29) is 11.9 Å². The first-order chi connectivity index (χ1) is 6.79. The molecule has 1 saturated carbocycles. The summed E-state index contributed by atoms with van der Waals surface area (Å²) in [6, 6.07) is 0. The molecule has 0 bridgehead atoms. The van der Waals surface area contributed by atoms with E-state index in [0.29, 0.717) is 19.1 Å². The molecular weight excluding hydrogens is 178 g/mol. The van der Waals surface area contributed by atoms with E-state index in [0.717, 1.165) is 12.8 Å². The van der Waals surface area contributed by atoms with Crippen molar-refractivity contribution in [3.8, 4) is 0 Å². The zero-order chi connectivity index (χ0) is 10.4. The molecule has 0 saturated heterocycles. The Morgan fingerprint density at radius 2 is 2.07 bits per heavy atom. The van der Waals surface area contributed by atoms with Gasteiger partial charge in [-0.2, -0.15) is 0 Å². The molecule has 3 heteroatoms. The summed E-state index contributed by atoms with van der Waals surface area (Å²) in [6.07, 6.45) is 6.05. The van der Waals surface area contributed by atoms with Gasteiger partial charge >= 0.3 is 5.97 Å². The minimum Gasteiger partial charge on any atom is -0.466 e. The van der Waals surface area contributed by atoms with Crippen LogP contribution in [-0.2, 0) is 9.53 Å². The van der Waals surface area contributed by atoms with E-state index in [1.807, 2.05) is 6.92 Å². The fourth-order valence-electron chi connectivity index (χ4n) is 2.27. The first-order valence-corrected chi connectivity index (χ1v) is 5.66. The molecule has 0 heterocycles. The van der Waals surface area contributed by atoms with Gasteiger partial charge in [0.05, 0.1) is 12.5 Å². The molecule has 0 spiro atoms. The van der Waals surface area contributed by atoms with Crippen molar-refractivity contribution < 1.29 is 9.53 Å². The number of hydrogen-bond acceptors (Lipinski definition) is 3. The lowest BCUT2D eigenvalue weighted by atomic mass is 9.80. The third-order valence-electron chi connectivity index (χ3n) is 3.06. The monoisotopic (exact) mass is 199 g/mol. The molecule has 0 aromatic carbocycles. The van der Waals surface area contributed by atoms with Crippen LogP contribution in [0.4, 0.5) is 0 Å². The second-order valence-electron chi connectivity index (χ2n) is 3.99. The summed E-state index contributed by atoms with van der Waals surface area (Å²) in [4.78, 5) is 11.6. The third kappa shape index (κ3) is 2.98. The number of esters is 1. The van der Waals surface area contributed by atoms with Gasteiger partial charge in [0, 0.05) is 6.54 Å². The average Bonchev–Trinajstić information content (AvgIpc) is 2.21. The SMILES string of the molecule is CCOC(=O)[C@@H](CN)C1CCCCC1. The highest BCUT2D eigenvalue weighted by Gasteiger charge is 2.29. The minimum atomic E-state index is -0.0955. The fourth-order valence-corrected chi connectivity index (χ4v) is 2.27. The standard InChI is InChI=1S/C11H21NO2/c1-2-14-11(13)10(8-12)9-6-4-3-5-7-9/h9-10H,2-8,12H2,1H3/t10-/m0/s1. The van der Waals surface area contributed by atoms with E-state index in [9.17, 15) is 4.79 Å². The topological polar surface area (TPSA) is 52.3 Å². The Morgan fingerprint density at radius 1 is 1.43 bits per heavy atom. The van der Waals surface area contributed by atoms with Gasteiger partial charge in [0.25, 0.3) is 0 Å². The lowest BCUT2D eigenvalue weighted by molar-refractivity contribution is -0.150. The molecule has 2 N–H and O–H groups in total. The van der Waals surface area contributed by atoms with E-state index < -0.39 is 0 Å². The van der Waals surface area contributed by atoms with E-state index in [4.69, 9.17) is 10.5 Å². The molecule has 82 valence electrons. The molecule has 14 heavy (non-hydrogen) atoms. The molecule has 0 aromatic rings. The Morgan fingerprint density at radius 3 is 2.57 bits per heavy atom. The molecule has 0 radical (unpaired) electrons. The van der Waals surface area contributed by atoms with Crippen LogP contribution in [0.1, 0.15) is 39.0 Å². The highest BCUT2D eigenvalue weighted by atomic mass is 16.5. The second-order valence-corrected chi connectivity index (χ2v) is 3.99. The highest BCUT2D eigenvalue weighted by Crippen LogP contribution is 2.30. The lowest BCUT2D eigenvalue weighted by Crippen LogP contribution is -2.33. The Hall–Kier alpha value is -0.570. The maximum atomic E-state index is 11.6. The lowest BCUT2D eigenvalue weighted by Gasteiger charge is -2.27. The fraction of sp³-hybridized carbons (Fsp3) is 0.909. The van der Waals surface area contributed by atoms with Gasteiger partial charge in [-0.25, -0.2) is 0 Å². The van der Waals surface area contributed by atoms with Gasteiger partial charge in [0.1, 0.15) is 0 Å². The predicted octanol–water partition coefficient (Wildman–Crippen LogP) is 1.70. The van der Waals surface area contributed by atoms with Gasteiger partial charge < -0.3 is 10.5 Å². The molecule has 1 atom stereocenters. The zero-order valence-corrected chi connectivity index (χ0v) is 9.00. The van der Waals surface area contributed by atoms with Crippen LogP contribution in [0.5, 0.6) is 0 Å². The molecule has 1 aliphatic rings. The third-order valence-corrected chi connectivity index (χ3v) is 3.06. The molecular formula is C11H21NO2. The van der Waals surface area contributed by atoms with Gasteiger partial charge in [-0.15, -0.1) is 0 Å². The second kappa shape index (κ2) is 6.02. The van der Waals surface area contributed by atoms with Crippen LogP contribution in [0, 0.1) is 11.8 Å². The number of ether oxygens (including phenoxy) is 1. The summed E-state index contributed by atoms with van der Waals surface area (Å²) in [6.45, 7) is 2.73. The van der Waals surface area contributed by atoms with E-state index in [1.54, 1.807) is 0 Å². The van der Waals surface area contributed by atoms with Crippen LogP contribution >= 0.6 is 0 Å². The number of carbonyl (C=O) groups is 1. The maximum absolute atomic E-state index is 11.6. The van der Waals surface area contributed by atoms with Crippen molar-refractivity contribution in [2.75, 3.05) is 13.2 Å². The summed E-state index contributed by atoms with van der Waals surface area (Å²) in [5.74, 6) is 0.310. The van der Waals surface area contributed by atoms with Crippen LogP contribution in [0.2, 0.25) is 0 Å². The van der Waals surface area contributed by atoms with Crippen LogP contribution in [0.15, 0.2) is 0 Å². The van der Waals surface area contributed by atoms with Crippen LogP contribution in [-0.4, -0.2) is 19.1 Å². The Bertz CT molecular complexity index is 176. The Kier molecular flexibility index (Phi) is 4.94. The van der Waals surface area contributed by atoms with Crippen molar-refractivity contribution in [3.05, 3.63) is 0 Å². The largest absolute Gasteiger partial charge is 0.466 e. The van der Waals surface area contributed by atoms with E-state index >= 15 is 0 Å². The summed E-state index contributed by atoms with van der Waals surface area (Å²) >= 11 is 0. The van der Waals surface area contributed by atoms with Crippen molar-refractivity contribution >= 4 is 5.97 Å². The van der Waals surface area contributed by atoms with Crippen LogP contribution < -0.4 is 5.73 Å². The first-order valence-electron chi connectivity index (χ1n) is 5.66. The van der Waals surface area contributed by atoms with Crippen LogP contribution in [0.25, 0.3) is 0 Å².